The number of anilines is 1. The predicted molar refractivity (Wildman–Crippen MR) is 69.4 cm³/mol. The fourth-order valence-electron chi connectivity index (χ4n) is 1.49. The van der Waals surface area contributed by atoms with E-state index in [9.17, 15) is 0 Å². The van der Waals surface area contributed by atoms with Crippen molar-refractivity contribution in [3.8, 4) is 6.07 Å². The van der Waals surface area contributed by atoms with E-state index in [4.69, 9.17) is 21.3 Å². The summed E-state index contributed by atoms with van der Waals surface area (Å²) in [6, 6.07) is 7.14. The van der Waals surface area contributed by atoms with Gasteiger partial charge in [0.25, 0.3) is 0 Å². The number of rotatable bonds is 4. The molecular formula is C13H12ClN3O. The van der Waals surface area contributed by atoms with E-state index in [1.807, 2.05) is 13.0 Å². The second-order valence-electron chi connectivity index (χ2n) is 3.73. The van der Waals surface area contributed by atoms with E-state index >= 15 is 0 Å². The van der Waals surface area contributed by atoms with Crippen LogP contribution in [0.4, 0.5) is 5.69 Å². The first-order chi connectivity index (χ1) is 8.72. The van der Waals surface area contributed by atoms with Crippen molar-refractivity contribution in [2.24, 2.45) is 0 Å². The average molecular weight is 262 g/mol. The van der Waals surface area contributed by atoms with Gasteiger partial charge in [-0.15, -0.1) is 0 Å². The zero-order chi connectivity index (χ0) is 13.0. The lowest BCUT2D eigenvalue weighted by atomic mass is 10.2. The molecule has 0 unspecified atom stereocenters. The zero-order valence-electron chi connectivity index (χ0n) is 9.90. The summed E-state index contributed by atoms with van der Waals surface area (Å²) in [7, 11) is 0. The fraction of sp³-hybridized carbons (Fsp3) is 0.231. The van der Waals surface area contributed by atoms with Gasteiger partial charge in [-0.2, -0.15) is 5.26 Å². The molecule has 0 aliphatic carbocycles. The summed E-state index contributed by atoms with van der Waals surface area (Å²) in [5.74, 6) is 1.48. The molecule has 5 heteroatoms. The second kappa shape index (κ2) is 5.56. The van der Waals surface area contributed by atoms with Crippen molar-refractivity contribution in [2.75, 3.05) is 5.32 Å². The molecule has 0 bridgehead atoms. The first kappa shape index (κ1) is 12.5. The molecule has 1 N–H and O–H groups in total. The highest BCUT2D eigenvalue weighted by molar-refractivity contribution is 6.33. The maximum absolute atomic E-state index is 8.74. The summed E-state index contributed by atoms with van der Waals surface area (Å²) in [5.41, 5.74) is 1.29. The van der Waals surface area contributed by atoms with Crippen molar-refractivity contribution < 1.29 is 4.42 Å². The lowest BCUT2D eigenvalue weighted by molar-refractivity contribution is 0.466. The van der Waals surface area contributed by atoms with E-state index in [-0.39, 0.29) is 0 Å². The van der Waals surface area contributed by atoms with E-state index in [0.717, 1.165) is 17.9 Å². The van der Waals surface area contributed by atoms with Crippen LogP contribution in [-0.4, -0.2) is 4.98 Å². The molecule has 1 aromatic heterocycles. The van der Waals surface area contributed by atoms with Gasteiger partial charge in [-0.05, 0) is 18.2 Å². The van der Waals surface area contributed by atoms with Crippen molar-refractivity contribution >= 4 is 17.3 Å². The highest BCUT2D eigenvalue weighted by Gasteiger charge is 2.05. The Morgan fingerprint density at radius 1 is 1.50 bits per heavy atom. The number of aromatic nitrogens is 1. The Labute approximate surface area is 110 Å². The van der Waals surface area contributed by atoms with Gasteiger partial charge in [0.2, 0.25) is 5.89 Å². The number of halogens is 1. The monoisotopic (exact) mass is 261 g/mol. The standard InChI is InChI=1S/C13H12ClN3O/c1-2-10-7-17-13(18-10)8-16-12-4-3-9(6-15)5-11(12)14/h3-5,7,16H,2,8H2,1H3. The minimum Gasteiger partial charge on any atom is -0.444 e. The van der Waals surface area contributed by atoms with E-state index in [1.165, 1.54) is 0 Å². The third-order valence-electron chi connectivity index (χ3n) is 2.48. The van der Waals surface area contributed by atoms with Crippen LogP contribution in [0, 0.1) is 11.3 Å². The molecule has 0 amide bonds. The minimum atomic E-state index is 0.464. The number of nitrogens with zero attached hydrogens (tertiary/aromatic N) is 2. The van der Waals surface area contributed by atoms with Crippen molar-refractivity contribution in [2.45, 2.75) is 19.9 Å². The third kappa shape index (κ3) is 2.82. The highest BCUT2D eigenvalue weighted by Crippen LogP contribution is 2.23. The first-order valence-electron chi connectivity index (χ1n) is 5.60. The van der Waals surface area contributed by atoms with Crippen LogP contribution < -0.4 is 5.32 Å². The van der Waals surface area contributed by atoms with Crippen LogP contribution >= 0.6 is 11.6 Å². The van der Waals surface area contributed by atoms with E-state index in [0.29, 0.717) is 23.0 Å². The Bertz CT molecular complexity index is 586. The van der Waals surface area contributed by atoms with Crippen LogP contribution in [0.25, 0.3) is 0 Å². The maximum Gasteiger partial charge on any atom is 0.213 e. The molecular weight excluding hydrogens is 250 g/mol. The summed E-state index contributed by atoms with van der Waals surface area (Å²) >= 11 is 6.04. The lowest BCUT2D eigenvalue weighted by Crippen LogP contribution is -2.00. The Morgan fingerprint density at radius 3 is 2.94 bits per heavy atom. The van der Waals surface area contributed by atoms with Crippen LogP contribution in [0.5, 0.6) is 0 Å². The van der Waals surface area contributed by atoms with Crippen molar-refractivity contribution in [1.29, 1.82) is 5.26 Å². The molecule has 0 spiro atoms. The quantitative estimate of drug-likeness (QED) is 0.917. The molecule has 2 rings (SSSR count). The smallest absolute Gasteiger partial charge is 0.213 e. The summed E-state index contributed by atoms with van der Waals surface area (Å²) in [6.07, 6.45) is 2.54. The summed E-state index contributed by atoms with van der Waals surface area (Å²) < 4.78 is 5.47. The van der Waals surface area contributed by atoms with Crippen LogP contribution in [0.3, 0.4) is 0 Å². The Morgan fingerprint density at radius 2 is 2.33 bits per heavy atom. The first-order valence-corrected chi connectivity index (χ1v) is 5.98. The number of benzene rings is 1. The van der Waals surface area contributed by atoms with Crippen molar-refractivity contribution in [1.82, 2.24) is 4.98 Å². The van der Waals surface area contributed by atoms with Crippen LogP contribution in [0.1, 0.15) is 24.1 Å². The molecule has 0 radical (unpaired) electrons. The Kier molecular flexibility index (Phi) is 3.85. The molecule has 2 aromatic rings. The van der Waals surface area contributed by atoms with E-state index in [2.05, 4.69) is 10.3 Å². The van der Waals surface area contributed by atoms with Gasteiger partial charge in [0.15, 0.2) is 0 Å². The molecule has 0 saturated carbocycles. The minimum absolute atomic E-state index is 0.464. The molecule has 0 aliphatic rings. The van der Waals surface area contributed by atoms with Gasteiger partial charge in [-0.1, -0.05) is 18.5 Å². The van der Waals surface area contributed by atoms with Crippen LogP contribution in [0.15, 0.2) is 28.8 Å². The summed E-state index contributed by atoms with van der Waals surface area (Å²) in [4.78, 5) is 4.14. The number of nitriles is 1. The molecule has 0 aliphatic heterocycles. The molecule has 18 heavy (non-hydrogen) atoms. The van der Waals surface area contributed by atoms with Crippen molar-refractivity contribution in [3.05, 3.63) is 46.6 Å². The van der Waals surface area contributed by atoms with E-state index < -0.39 is 0 Å². The fourth-order valence-corrected chi connectivity index (χ4v) is 1.74. The van der Waals surface area contributed by atoms with Crippen LogP contribution in [0.2, 0.25) is 5.02 Å². The van der Waals surface area contributed by atoms with Crippen molar-refractivity contribution in [3.63, 3.8) is 0 Å². The Balaban J connectivity index is 2.04. The zero-order valence-corrected chi connectivity index (χ0v) is 10.7. The molecule has 0 atom stereocenters. The molecule has 0 saturated heterocycles. The number of aryl methyl sites for hydroxylation is 1. The van der Waals surface area contributed by atoms with Gasteiger partial charge < -0.3 is 9.73 Å². The maximum atomic E-state index is 8.74. The summed E-state index contributed by atoms with van der Waals surface area (Å²) in [6.45, 7) is 2.47. The second-order valence-corrected chi connectivity index (χ2v) is 4.14. The average Bonchev–Trinajstić information content (AvgIpc) is 2.85. The van der Waals surface area contributed by atoms with Gasteiger partial charge in [0.05, 0.1) is 35.1 Å². The van der Waals surface area contributed by atoms with Gasteiger partial charge in [0, 0.05) is 6.42 Å². The summed E-state index contributed by atoms with van der Waals surface area (Å²) in [5, 5.41) is 12.4. The number of nitrogens with one attached hydrogen (secondary N) is 1. The van der Waals surface area contributed by atoms with Gasteiger partial charge >= 0.3 is 0 Å². The van der Waals surface area contributed by atoms with Gasteiger partial charge in [0.1, 0.15) is 5.76 Å². The van der Waals surface area contributed by atoms with Gasteiger partial charge in [-0.3, -0.25) is 0 Å². The Hall–Kier alpha value is -1.99. The van der Waals surface area contributed by atoms with Crippen LogP contribution in [-0.2, 0) is 13.0 Å². The molecule has 4 nitrogen and oxygen atoms in total. The third-order valence-corrected chi connectivity index (χ3v) is 2.79. The topological polar surface area (TPSA) is 61.9 Å². The molecule has 1 aromatic carbocycles. The molecule has 92 valence electrons. The normalized spacial score (nSPS) is 10.1. The molecule has 1 heterocycles. The SMILES string of the molecule is CCc1cnc(CNc2ccc(C#N)cc2Cl)o1. The number of hydrogen-bond acceptors (Lipinski definition) is 4. The highest BCUT2D eigenvalue weighted by atomic mass is 35.5. The molecule has 0 fully saturated rings. The van der Waals surface area contributed by atoms with E-state index in [1.54, 1.807) is 24.4 Å². The lowest BCUT2D eigenvalue weighted by Gasteiger charge is -2.06. The van der Waals surface area contributed by atoms with Gasteiger partial charge in [-0.25, -0.2) is 4.98 Å². The number of hydrogen-bond donors (Lipinski definition) is 1. The largest absolute Gasteiger partial charge is 0.444 e. The number of oxazole rings is 1. The predicted octanol–water partition coefficient (Wildman–Crippen LogP) is 3.37.